The molecule has 58 heavy (non-hydrogen) atoms. The van der Waals surface area contributed by atoms with Gasteiger partial charge in [0.05, 0.1) is 10.6 Å². The maximum absolute atomic E-state index is 13.8. The number of halogens is 1. The number of likely N-dealkylation sites (tertiary alicyclic amines) is 1. The third kappa shape index (κ3) is 6.40. The van der Waals surface area contributed by atoms with Crippen LogP contribution in [0.25, 0.3) is 0 Å². The van der Waals surface area contributed by atoms with Gasteiger partial charge in [0.1, 0.15) is 24.0 Å². The smallest absolute Gasteiger partial charge is 0.255 e. The van der Waals surface area contributed by atoms with Crippen LogP contribution in [0.1, 0.15) is 96.3 Å². The van der Waals surface area contributed by atoms with Crippen LogP contribution in [0.3, 0.4) is 0 Å². The Morgan fingerprint density at radius 2 is 1.55 bits per heavy atom. The molecule has 4 fully saturated rings. The molecule has 1 atom stereocenters. The van der Waals surface area contributed by atoms with E-state index in [1.165, 1.54) is 0 Å². The number of amides is 4. The lowest BCUT2D eigenvalue weighted by molar-refractivity contribution is -0.199. The Kier molecular flexibility index (Phi) is 9.33. The molecule has 5 aliphatic heterocycles. The van der Waals surface area contributed by atoms with E-state index in [1.54, 1.807) is 23.1 Å². The van der Waals surface area contributed by atoms with Gasteiger partial charge in [0.25, 0.3) is 11.8 Å². The number of nitrogens with one attached hydrogen (secondary N) is 1. The minimum atomic E-state index is -0.606. The average molecular weight is 799 g/mol. The van der Waals surface area contributed by atoms with Crippen LogP contribution in [-0.2, 0) is 22.7 Å². The van der Waals surface area contributed by atoms with Crippen LogP contribution >= 0.6 is 11.6 Å². The standard InChI is InChI=1S/C46H47ClN6O5/c1-45(2)43(46(3,4)44(45)58-34-11-9-29(22-48)37(47)21-34)53-24-31-19-28(7-12-35(31)41(53)56)6-5-27-15-17-50(18-16-27)33-25-51(26-33)32-10-8-30-23-52(42(57)36(30)20-32)38-13-14-39(54)49-40(38)55/h7-12,19-21,27,33,38,43-44H,13-18,23-26H2,1-4H3,(H,49,54,55)/t38?,43-,44-. The van der Waals surface area contributed by atoms with E-state index in [0.717, 1.165) is 67.0 Å². The summed E-state index contributed by atoms with van der Waals surface area (Å²) in [6.45, 7) is 13.3. The number of ether oxygens (including phenoxy) is 1. The van der Waals surface area contributed by atoms with Gasteiger partial charge in [-0.25, -0.2) is 0 Å². The molecule has 3 aromatic carbocycles. The molecule has 12 heteroatoms. The first kappa shape index (κ1) is 38.2. The van der Waals surface area contributed by atoms with E-state index < -0.39 is 6.04 Å². The number of fused-ring (bicyclic) bond motifs is 2. The quantitative estimate of drug-likeness (QED) is 0.247. The zero-order valence-corrected chi connectivity index (χ0v) is 34.1. The second-order valence-corrected chi connectivity index (χ2v) is 18.4. The lowest BCUT2D eigenvalue weighted by atomic mass is 9.49. The highest BCUT2D eigenvalue weighted by Crippen LogP contribution is 2.59. The minimum Gasteiger partial charge on any atom is -0.489 e. The summed E-state index contributed by atoms with van der Waals surface area (Å²) < 4.78 is 6.48. The highest BCUT2D eigenvalue weighted by molar-refractivity contribution is 6.31. The van der Waals surface area contributed by atoms with Gasteiger partial charge in [-0.05, 0) is 85.9 Å². The summed E-state index contributed by atoms with van der Waals surface area (Å²) >= 11 is 6.30. The predicted octanol–water partition coefficient (Wildman–Crippen LogP) is 5.76. The fraction of sp³-hybridized carbons (Fsp3) is 0.457. The van der Waals surface area contributed by atoms with Gasteiger partial charge in [-0.15, -0.1) is 0 Å². The van der Waals surface area contributed by atoms with Crippen molar-refractivity contribution in [3.63, 3.8) is 0 Å². The molecule has 9 rings (SSSR count). The Hall–Kier alpha value is -5.36. The van der Waals surface area contributed by atoms with Gasteiger partial charge < -0.3 is 19.4 Å². The average Bonchev–Trinajstić information content (AvgIpc) is 3.66. The van der Waals surface area contributed by atoms with Crippen molar-refractivity contribution < 1.29 is 23.9 Å². The molecular weight excluding hydrogens is 752 g/mol. The third-order valence-corrected chi connectivity index (χ3v) is 13.8. The van der Waals surface area contributed by atoms with Gasteiger partial charge in [-0.1, -0.05) is 57.2 Å². The third-order valence-electron chi connectivity index (χ3n) is 13.5. The van der Waals surface area contributed by atoms with Crippen LogP contribution in [0, 0.1) is 39.9 Å². The Morgan fingerprint density at radius 3 is 2.26 bits per heavy atom. The van der Waals surface area contributed by atoms with E-state index in [1.807, 2.05) is 29.2 Å². The van der Waals surface area contributed by atoms with E-state index in [4.69, 9.17) is 16.3 Å². The number of piperidine rings is 2. The Morgan fingerprint density at radius 1 is 0.828 bits per heavy atom. The van der Waals surface area contributed by atoms with Gasteiger partial charge >= 0.3 is 0 Å². The van der Waals surface area contributed by atoms with E-state index in [9.17, 15) is 24.4 Å². The number of benzene rings is 3. The highest BCUT2D eigenvalue weighted by atomic mass is 35.5. The zero-order valence-electron chi connectivity index (χ0n) is 33.3. The fourth-order valence-corrected chi connectivity index (χ4v) is 11.1. The molecule has 0 radical (unpaired) electrons. The largest absolute Gasteiger partial charge is 0.489 e. The molecule has 5 heterocycles. The van der Waals surface area contributed by atoms with Crippen molar-refractivity contribution in [1.29, 1.82) is 5.26 Å². The van der Waals surface area contributed by atoms with Crippen molar-refractivity contribution in [1.82, 2.24) is 20.0 Å². The normalized spacial score (nSPS) is 25.2. The Bertz CT molecular complexity index is 2340. The second-order valence-electron chi connectivity index (χ2n) is 18.0. The number of rotatable bonds is 6. The van der Waals surface area contributed by atoms with Gasteiger partial charge in [0.15, 0.2) is 0 Å². The van der Waals surface area contributed by atoms with E-state index in [0.29, 0.717) is 53.4 Å². The van der Waals surface area contributed by atoms with Crippen LogP contribution in [0.2, 0.25) is 5.02 Å². The molecule has 0 bridgehead atoms. The number of anilines is 1. The number of carbonyl (C=O) groups is 4. The van der Waals surface area contributed by atoms with Gasteiger partial charge in [0.2, 0.25) is 11.8 Å². The first-order valence-corrected chi connectivity index (χ1v) is 20.7. The number of nitriles is 1. The molecule has 6 aliphatic rings. The molecule has 298 valence electrons. The van der Waals surface area contributed by atoms with Gasteiger partial charge in [-0.3, -0.25) is 29.4 Å². The van der Waals surface area contributed by atoms with Crippen molar-refractivity contribution >= 4 is 40.9 Å². The van der Waals surface area contributed by atoms with E-state index in [2.05, 4.69) is 72.9 Å². The number of hydrogen-bond donors (Lipinski definition) is 1. The molecule has 0 aromatic heterocycles. The van der Waals surface area contributed by atoms with Gasteiger partial charge in [-0.2, -0.15) is 5.26 Å². The second kappa shape index (κ2) is 14.2. The molecule has 1 unspecified atom stereocenters. The van der Waals surface area contributed by atoms with Crippen molar-refractivity contribution in [3.8, 4) is 23.7 Å². The molecule has 4 amide bonds. The number of hydrogen-bond acceptors (Lipinski definition) is 8. The summed E-state index contributed by atoms with van der Waals surface area (Å²) in [5, 5.41) is 12.0. The van der Waals surface area contributed by atoms with E-state index >= 15 is 0 Å². The highest BCUT2D eigenvalue weighted by Gasteiger charge is 2.67. The Balaban J connectivity index is 0.771. The zero-order chi connectivity index (χ0) is 40.7. The summed E-state index contributed by atoms with van der Waals surface area (Å²) in [6, 6.07) is 19.1. The SMILES string of the molecule is CC1(C)[C@H](Oc2ccc(C#N)c(Cl)c2)C(C)(C)[C@H]1N1Cc2cc(C#CC3CCN(C4CN(c5ccc6c(c5)C(=O)N(C5CCC(=O)NC5=O)C6)C4)CC3)ccc2C1=O. The van der Waals surface area contributed by atoms with Crippen LogP contribution in [0.4, 0.5) is 5.69 Å². The molecular formula is C46H47ClN6O5. The summed E-state index contributed by atoms with van der Waals surface area (Å²) in [7, 11) is 0. The Labute approximate surface area is 344 Å². The van der Waals surface area contributed by atoms with Crippen molar-refractivity contribution in [2.75, 3.05) is 31.1 Å². The minimum absolute atomic E-state index is 0.0448. The molecule has 1 aliphatic carbocycles. The maximum atomic E-state index is 13.8. The summed E-state index contributed by atoms with van der Waals surface area (Å²) in [6.07, 6.45) is 2.46. The number of carbonyl (C=O) groups excluding carboxylic acids is 4. The first-order chi connectivity index (χ1) is 27.7. The topological polar surface area (TPSA) is 126 Å². The van der Waals surface area contributed by atoms with Crippen LogP contribution in [0.5, 0.6) is 5.75 Å². The lowest BCUT2D eigenvalue weighted by Crippen LogP contribution is -2.74. The van der Waals surface area contributed by atoms with Crippen LogP contribution < -0.4 is 15.0 Å². The summed E-state index contributed by atoms with van der Waals surface area (Å²) in [4.78, 5) is 59.7. The lowest BCUT2D eigenvalue weighted by Gasteiger charge is -2.65. The van der Waals surface area contributed by atoms with Crippen molar-refractivity contribution in [3.05, 3.63) is 93.0 Å². The summed E-state index contributed by atoms with van der Waals surface area (Å²) in [5.41, 5.74) is 5.02. The van der Waals surface area contributed by atoms with Crippen molar-refractivity contribution in [2.45, 2.75) is 90.7 Å². The molecule has 1 N–H and O–H groups in total. The molecule has 3 aromatic rings. The van der Waals surface area contributed by atoms with Gasteiger partial charge in [0, 0.05) is 89.9 Å². The van der Waals surface area contributed by atoms with Crippen LogP contribution in [0.15, 0.2) is 54.6 Å². The number of imide groups is 1. The predicted molar refractivity (Wildman–Crippen MR) is 218 cm³/mol. The molecule has 3 saturated heterocycles. The van der Waals surface area contributed by atoms with Crippen molar-refractivity contribution in [2.24, 2.45) is 16.7 Å². The van der Waals surface area contributed by atoms with E-state index in [-0.39, 0.29) is 53.0 Å². The molecule has 0 spiro atoms. The fourth-order valence-electron chi connectivity index (χ4n) is 10.9. The van der Waals surface area contributed by atoms with Crippen LogP contribution in [-0.4, -0.2) is 88.7 Å². The monoisotopic (exact) mass is 798 g/mol. The molecule has 11 nitrogen and oxygen atoms in total. The maximum Gasteiger partial charge on any atom is 0.255 e. The molecule has 1 saturated carbocycles. The number of nitrogens with zero attached hydrogens (tertiary/aromatic N) is 5. The summed E-state index contributed by atoms with van der Waals surface area (Å²) in [5.74, 6) is 7.14. The first-order valence-electron chi connectivity index (χ1n) is 20.3.